The molecular weight excluding hydrogens is 348 g/mol. The maximum atomic E-state index is 12.5. The molecule has 0 radical (unpaired) electrons. The zero-order valence-electron chi connectivity index (χ0n) is 14.5. The van der Waals surface area contributed by atoms with Gasteiger partial charge in [-0.2, -0.15) is 0 Å². The van der Waals surface area contributed by atoms with E-state index in [1.54, 1.807) is 41.3 Å². The highest BCUT2D eigenvalue weighted by Crippen LogP contribution is 2.16. The van der Waals surface area contributed by atoms with Crippen LogP contribution < -0.4 is 10.9 Å². The van der Waals surface area contributed by atoms with Gasteiger partial charge in [-0.1, -0.05) is 18.2 Å². The van der Waals surface area contributed by atoms with E-state index >= 15 is 0 Å². The molecule has 0 atom stereocenters. The standard InChI is InChI=1S/C20H18N2O5/c23-18(15-12-13-4-1-2-5-16(13)27-20(15)25)21-14-7-9-22(10-8-14)19(24)17-6-3-11-26-17/h1-6,11-12,14H,7-10H2,(H,21,23). The fourth-order valence-corrected chi connectivity index (χ4v) is 3.27. The SMILES string of the molecule is O=C(NC1CCN(C(=O)c2ccco2)CC1)c1cc2ccccc2oc1=O. The smallest absolute Gasteiger partial charge is 0.349 e. The van der Waals surface area contributed by atoms with Crippen molar-refractivity contribution in [3.63, 3.8) is 0 Å². The third-order valence-corrected chi connectivity index (χ3v) is 4.74. The molecule has 0 unspecified atom stereocenters. The predicted octanol–water partition coefficient (Wildman–Crippen LogP) is 2.42. The molecule has 7 nitrogen and oxygen atoms in total. The second kappa shape index (κ2) is 7.11. The van der Waals surface area contributed by atoms with Gasteiger partial charge in [0.1, 0.15) is 11.1 Å². The quantitative estimate of drug-likeness (QED) is 0.719. The Kier molecular flexibility index (Phi) is 4.50. The molecule has 0 saturated carbocycles. The number of fused-ring (bicyclic) bond motifs is 1. The second-order valence-electron chi connectivity index (χ2n) is 6.50. The van der Waals surface area contributed by atoms with Gasteiger partial charge in [0, 0.05) is 24.5 Å². The summed E-state index contributed by atoms with van der Waals surface area (Å²) in [6.45, 7) is 1.02. The topological polar surface area (TPSA) is 92.8 Å². The summed E-state index contributed by atoms with van der Waals surface area (Å²) in [5.41, 5.74) is -0.219. The fraction of sp³-hybridized carbons (Fsp3) is 0.250. The maximum absolute atomic E-state index is 12.5. The molecule has 1 fully saturated rings. The summed E-state index contributed by atoms with van der Waals surface area (Å²) in [5, 5.41) is 3.57. The lowest BCUT2D eigenvalue weighted by Crippen LogP contribution is -2.47. The number of benzene rings is 1. The summed E-state index contributed by atoms with van der Waals surface area (Å²) < 4.78 is 10.4. The van der Waals surface area contributed by atoms with Crippen LogP contribution in [-0.2, 0) is 0 Å². The number of amides is 2. The number of nitrogens with zero attached hydrogens (tertiary/aromatic N) is 1. The third-order valence-electron chi connectivity index (χ3n) is 4.74. The van der Waals surface area contributed by atoms with Crippen LogP contribution in [0.1, 0.15) is 33.8 Å². The van der Waals surface area contributed by atoms with E-state index in [4.69, 9.17) is 8.83 Å². The highest BCUT2D eigenvalue weighted by molar-refractivity contribution is 5.96. The van der Waals surface area contributed by atoms with E-state index in [0.717, 1.165) is 0 Å². The molecular formula is C20H18N2O5. The van der Waals surface area contributed by atoms with Crippen molar-refractivity contribution < 1.29 is 18.4 Å². The Morgan fingerprint density at radius 1 is 1.07 bits per heavy atom. The first-order chi connectivity index (χ1) is 13.1. The van der Waals surface area contributed by atoms with Gasteiger partial charge in [-0.15, -0.1) is 0 Å². The largest absolute Gasteiger partial charge is 0.459 e. The zero-order chi connectivity index (χ0) is 18.8. The van der Waals surface area contributed by atoms with Crippen LogP contribution in [0, 0.1) is 0 Å². The van der Waals surface area contributed by atoms with E-state index in [9.17, 15) is 14.4 Å². The average Bonchev–Trinajstić information content (AvgIpc) is 3.22. The molecule has 2 amide bonds. The van der Waals surface area contributed by atoms with Crippen molar-refractivity contribution in [3.05, 3.63) is 70.5 Å². The van der Waals surface area contributed by atoms with Gasteiger partial charge in [0.2, 0.25) is 0 Å². The van der Waals surface area contributed by atoms with Gasteiger partial charge in [0.05, 0.1) is 6.26 Å². The molecule has 3 aromatic rings. The number of nitrogens with one attached hydrogen (secondary N) is 1. The lowest BCUT2D eigenvalue weighted by atomic mass is 10.0. The Morgan fingerprint density at radius 2 is 1.85 bits per heavy atom. The maximum Gasteiger partial charge on any atom is 0.349 e. The number of likely N-dealkylation sites (tertiary alicyclic amines) is 1. The first-order valence-electron chi connectivity index (χ1n) is 8.78. The van der Waals surface area contributed by atoms with Gasteiger partial charge in [-0.05, 0) is 37.1 Å². The van der Waals surface area contributed by atoms with Gasteiger partial charge >= 0.3 is 5.63 Å². The van der Waals surface area contributed by atoms with Crippen LogP contribution in [0.5, 0.6) is 0 Å². The number of hydrogen-bond donors (Lipinski definition) is 1. The Balaban J connectivity index is 1.40. The van der Waals surface area contributed by atoms with Crippen molar-refractivity contribution in [1.29, 1.82) is 0 Å². The van der Waals surface area contributed by atoms with E-state index in [1.807, 2.05) is 6.07 Å². The summed E-state index contributed by atoms with van der Waals surface area (Å²) in [7, 11) is 0. The number of piperidine rings is 1. The number of carbonyl (C=O) groups is 2. The zero-order valence-corrected chi connectivity index (χ0v) is 14.5. The molecule has 1 saturated heterocycles. The van der Waals surface area contributed by atoms with Crippen LogP contribution in [0.3, 0.4) is 0 Å². The van der Waals surface area contributed by atoms with E-state index in [0.29, 0.717) is 42.7 Å². The van der Waals surface area contributed by atoms with Crippen LogP contribution in [0.4, 0.5) is 0 Å². The minimum absolute atomic E-state index is 0.0113. The molecule has 2 aromatic heterocycles. The van der Waals surface area contributed by atoms with E-state index in [2.05, 4.69) is 5.32 Å². The molecule has 3 heterocycles. The van der Waals surface area contributed by atoms with Gasteiger partial charge in [-0.3, -0.25) is 9.59 Å². The predicted molar refractivity (Wildman–Crippen MR) is 97.6 cm³/mol. The normalized spacial score (nSPS) is 15.0. The van der Waals surface area contributed by atoms with Crippen molar-refractivity contribution in [2.24, 2.45) is 0 Å². The second-order valence-corrected chi connectivity index (χ2v) is 6.50. The van der Waals surface area contributed by atoms with Crippen LogP contribution in [0.15, 0.2) is 62.4 Å². The number of furan rings is 1. The van der Waals surface area contributed by atoms with E-state index < -0.39 is 11.5 Å². The lowest BCUT2D eigenvalue weighted by molar-refractivity contribution is 0.0667. The van der Waals surface area contributed by atoms with Gasteiger partial charge in [0.15, 0.2) is 5.76 Å². The number of hydrogen-bond acceptors (Lipinski definition) is 5. The Hall–Kier alpha value is -3.35. The lowest BCUT2D eigenvalue weighted by Gasteiger charge is -2.31. The molecule has 1 aliphatic rings. The van der Waals surface area contributed by atoms with Crippen molar-refractivity contribution >= 4 is 22.8 Å². The molecule has 0 spiro atoms. The highest BCUT2D eigenvalue weighted by Gasteiger charge is 2.26. The van der Waals surface area contributed by atoms with Crippen molar-refractivity contribution in [1.82, 2.24) is 10.2 Å². The third kappa shape index (κ3) is 3.48. The van der Waals surface area contributed by atoms with Crippen molar-refractivity contribution in [3.8, 4) is 0 Å². The Morgan fingerprint density at radius 3 is 2.59 bits per heavy atom. The van der Waals surface area contributed by atoms with Gasteiger partial charge < -0.3 is 19.1 Å². The molecule has 0 aliphatic carbocycles. The minimum atomic E-state index is -0.656. The molecule has 138 valence electrons. The summed E-state index contributed by atoms with van der Waals surface area (Å²) in [5.74, 6) is -0.295. The summed E-state index contributed by atoms with van der Waals surface area (Å²) >= 11 is 0. The molecule has 1 N–H and O–H groups in total. The molecule has 4 rings (SSSR count). The van der Waals surface area contributed by atoms with E-state index in [1.165, 1.54) is 6.26 Å². The Labute approximate surface area is 154 Å². The first kappa shape index (κ1) is 17.1. The molecule has 27 heavy (non-hydrogen) atoms. The van der Waals surface area contributed by atoms with Crippen LogP contribution in [-0.4, -0.2) is 35.8 Å². The van der Waals surface area contributed by atoms with Crippen LogP contribution >= 0.6 is 0 Å². The summed E-state index contributed by atoms with van der Waals surface area (Å²) in [6, 6.07) is 11.8. The van der Waals surface area contributed by atoms with Crippen LogP contribution in [0.2, 0.25) is 0 Å². The van der Waals surface area contributed by atoms with Gasteiger partial charge in [-0.25, -0.2) is 4.79 Å². The first-order valence-corrected chi connectivity index (χ1v) is 8.78. The highest BCUT2D eigenvalue weighted by atomic mass is 16.4. The monoisotopic (exact) mass is 366 g/mol. The summed E-state index contributed by atoms with van der Waals surface area (Å²) in [6.07, 6.45) is 2.68. The molecule has 1 aromatic carbocycles. The molecule has 7 heteroatoms. The fourth-order valence-electron chi connectivity index (χ4n) is 3.27. The number of carbonyl (C=O) groups excluding carboxylic acids is 2. The van der Waals surface area contributed by atoms with Gasteiger partial charge in [0.25, 0.3) is 11.8 Å². The average molecular weight is 366 g/mol. The van der Waals surface area contributed by atoms with Crippen molar-refractivity contribution in [2.45, 2.75) is 18.9 Å². The summed E-state index contributed by atoms with van der Waals surface area (Å²) in [4.78, 5) is 38.6. The number of para-hydroxylation sites is 1. The molecule has 1 aliphatic heterocycles. The Bertz CT molecular complexity index is 1030. The minimum Gasteiger partial charge on any atom is -0.459 e. The van der Waals surface area contributed by atoms with E-state index in [-0.39, 0.29) is 17.5 Å². The van der Waals surface area contributed by atoms with Crippen molar-refractivity contribution in [2.75, 3.05) is 13.1 Å². The molecule has 0 bridgehead atoms. The number of rotatable bonds is 3. The van der Waals surface area contributed by atoms with Crippen LogP contribution in [0.25, 0.3) is 11.0 Å².